The second-order valence-corrected chi connectivity index (χ2v) is 3.40. The fraction of sp³-hybridized carbons (Fsp3) is 0.455. The quantitative estimate of drug-likeness (QED) is 0.791. The topological polar surface area (TPSA) is 56.0 Å². The maximum absolute atomic E-state index is 11.2. The summed E-state index contributed by atoms with van der Waals surface area (Å²) in [5.74, 6) is -0.373. The number of aromatic nitrogens is 1. The van der Waals surface area contributed by atoms with Crippen LogP contribution in [0.3, 0.4) is 0 Å². The van der Waals surface area contributed by atoms with Crippen molar-refractivity contribution in [3.05, 3.63) is 29.1 Å². The van der Waals surface area contributed by atoms with Gasteiger partial charge in [-0.3, -0.25) is 9.78 Å². The van der Waals surface area contributed by atoms with Crippen molar-refractivity contribution in [2.75, 3.05) is 0 Å². The molecule has 0 aliphatic carbocycles. The number of nitrogens with zero attached hydrogens (tertiary/aromatic N) is 1. The number of hydrogen-bond donors (Lipinski definition) is 1. The van der Waals surface area contributed by atoms with Crippen molar-refractivity contribution in [3.63, 3.8) is 0 Å². The van der Waals surface area contributed by atoms with E-state index >= 15 is 0 Å². The van der Waals surface area contributed by atoms with Crippen molar-refractivity contribution in [2.45, 2.75) is 33.1 Å². The SMILES string of the molecule is CCCCc1ccnc(C)c1C(N)=O. The molecule has 0 saturated carbocycles. The fourth-order valence-electron chi connectivity index (χ4n) is 1.53. The molecular weight excluding hydrogens is 176 g/mol. The highest BCUT2D eigenvalue weighted by Gasteiger charge is 2.10. The van der Waals surface area contributed by atoms with Gasteiger partial charge in [-0.05, 0) is 31.4 Å². The smallest absolute Gasteiger partial charge is 0.250 e. The highest BCUT2D eigenvalue weighted by molar-refractivity contribution is 5.95. The molecule has 3 heteroatoms. The molecule has 0 unspecified atom stereocenters. The number of carbonyl (C=O) groups excluding carboxylic acids is 1. The lowest BCUT2D eigenvalue weighted by atomic mass is 10.0. The van der Waals surface area contributed by atoms with Crippen LogP contribution in [0.2, 0.25) is 0 Å². The molecule has 0 fully saturated rings. The standard InChI is InChI=1S/C11H16N2O/c1-3-4-5-9-6-7-13-8(2)10(9)11(12)14/h6-7H,3-5H2,1-2H3,(H2,12,14). The molecule has 1 aromatic heterocycles. The molecule has 1 heterocycles. The van der Waals surface area contributed by atoms with Crippen LogP contribution in [-0.2, 0) is 6.42 Å². The van der Waals surface area contributed by atoms with E-state index in [0.29, 0.717) is 5.56 Å². The van der Waals surface area contributed by atoms with Crippen molar-refractivity contribution in [1.82, 2.24) is 4.98 Å². The summed E-state index contributed by atoms with van der Waals surface area (Å²) in [6, 6.07) is 1.88. The highest BCUT2D eigenvalue weighted by atomic mass is 16.1. The summed E-state index contributed by atoms with van der Waals surface area (Å²) in [6.45, 7) is 3.94. The number of aryl methyl sites for hydroxylation is 2. The Labute approximate surface area is 84.3 Å². The van der Waals surface area contributed by atoms with Gasteiger partial charge < -0.3 is 5.73 Å². The number of carbonyl (C=O) groups is 1. The first kappa shape index (κ1) is 10.7. The molecule has 3 nitrogen and oxygen atoms in total. The van der Waals surface area contributed by atoms with E-state index in [4.69, 9.17) is 5.73 Å². The van der Waals surface area contributed by atoms with E-state index in [1.165, 1.54) is 0 Å². The summed E-state index contributed by atoms with van der Waals surface area (Å²) in [5, 5.41) is 0. The van der Waals surface area contributed by atoms with Crippen LogP contribution in [0.4, 0.5) is 0 Å². The Morgan fingerprint density at radius 3 is 2.86 bits per heavy atom. The number of nitrogens with two attached hydrogens (primary N) is 1. The lowest BCUT2D eigenvalue weighted by Crippen LogP contribution is -2.16. The Morgan fingerprint density at radius 1 is 1.57 bits per heavy atom. The van der Waals surface area contributed by atoms with E-state index < -0.39 is 0 Å². The summed E-state index contributed by atoms with van der Waals surface area (Å²) in [6.07, 6.45) is 4.81. The third kappa shape index (κ3) is 2.31. The first-order chi connectivity index (χ1) is 6.66. The van der Waals surface area contributed by atoms with Crippen LogP contribution >= 0.6 is 0 Å². The van der Waals surface area contributed by atoms with E-state index in [1.54, 1.807) is 6.20 Å². The van der Waals surface area contributed by atoms with Crippen LogP contribution in [0.1, 0.15) is 41.4 Å². The number of unbranched alkanes of at least 4 members (excludes halogenated alkanes) is 1. The Balaban J connectivity index is 3.02. The van der Waals surface area contributed by atoms with Crippen LogP contribution in [0.15, 0.2) is 12.3 Å². The van der Waals surface area contributed by atoms with E-state index in [2.05, 4.69) is 11.9 Å². The van der Waals surface area contributed by atoms with Crippen molar-refractivity contribution < 1.29 is 4.79 Å². The summed E-state index contributed by atoms with van der Waals surface area (Å²) in [7, 11) is 0. The van der Waals surface area contributed by atoms with Crippen LogP contribution in [0.5, 0.6) is 0 Å². The molecule has 0 saturated heterocycles. The molecule has 1 aromatic rings. The zero-order valence-corrected chi connectivity index (χ0v) is 8.71. The lowest BCUT2D eigenvalue weighted by molar-refractivity contribution is 0.0998. The molecule has 2 N–H and O–H groups in total. The van der Waals surface area contributed by atoms with Crippen molar-refractivity contribution in [1.29, 1.82) is 0 Å². The summed E-state index contributed by atoms with van der Waals surface area (Å²) >= 11 is 0. The average Bonchev–Trinajstić information content (AvgIpc) is 2.14. The summed E-state index contributed by atoms with van der Waals surface area (Å²) in [4.78, 5) is 15.3. The van der Waals surface area contributed by atoms with E-state index in [-0.39, 0.29) is 5.91 Å². The molecule has 0 atom stereocenters. The van der Waals surface area contributed by atoms with Gasteiger partial charge in [0.05, 0.1) is 11.3 Å². The monoisotopic (exact) mass is 192 g/mol. The second-order valence-electron chi connectivity index (χ2n) is 3.40. The third-order valence-electron chi connectivity index (χ3n) is 2.27. The number of hydrogen-bond acceptors (Lipinski definition) is 2. The minimum absolute atomic E-state index is 0.373. The third-order valence-corrected chi connectivity index (χ3v) is 2.27. The molecule has 14 heavy (non-hydrogen) atoms. The highest BCUT2D eigenvalue weighted by Crippen LogP contribution is 2.13. The Bertz CT molecular complexity index is 334. The van der Waals surface area contributed by atoms with Gasteiger partial charge in [0.2, 0.25) is 0 Å². The number of primary amides is 1. The van der Waals surface area contributed by atoms with Gasteiger partial charge in [0.15, 0.2) is 0 Å². The minimum Gasteiger partial charge on any atom is -0.366 e. The van der Waals surface area contributed by atoms with Gasteiger partial charge >= 0.3 is 0 Å². The summed E-state index contributed by atoms with van der Waals surface area (Å²) in [5.41, 5.74) is 7.65. The van der Waals surface area contributed by atoms with Gasteiger partial charge in [-0.1, -0.05) is 13.3 Å². The second kappa shape index (κ2) is 4.74. The lowest BCUT2D eigenvalue weighted by Gasteiger charge is -2.07. The Hall–Kier alpha value is -1.38. The maximum atomic E-state index is 11.2. The fourth-order valence-corrected chi connectivity index (χ4v) is 1.53. The van der Waals surface area contributed by atoms with Crippen molar-refractivity contribution >= 4 is 5.91 Å². The minimum atomic E-state index is -0.373. The molecule has 1 amide bonds. The molecule has 0 aliphatic heterocycles. The number of pyridine rings is 1. The largest absolute Gasteiger partial charge is 0.366 e. The van der Waals surface area contributed by atoms with Crippen molar-refractivity contribution in [2.24, 2.45) is 5.73 Å². The number of rotatable bonds is 4. The van der Waals surface area contributed by atoms with Gasteiger partial charge in [0.1, 0.15) is 0 Å². The molecule has 0 radical (unpaired) electrons. The molecule has 76 valence electrons. The Morgan fingerprint density at radius 2 is 2.29 bits per heavy atom. The van der Waals surface area contributed by atoms with Gasteiger partial charge in [-0.2, -0.15) is 0 Å². The van der Waals surface area contributed by atoms with Gasteiger partial charge in [-0.25, -0.2) is 0 Å². The zero-order valence-electron chi connectivity index (χ0n) is 8.71. The van der Waals surface area contributed by atoms with Gasteiger partial charge in [0, 0.05) is 6.20 Å². The first-order valence-corrected chi connectivity index (χ1v) is 4.91. The van der Waals surface area contributed by atoms with E-state index in [1.807, 2.05) is 13.0 Å². The van der Waals surface area contributed by atoms with Crippen LogP contribution in [0, 0.1) is 6.92 Å². The maximum Gasteiger partial charge on any atom is 0.250 e. The van der Waals surface area contributed by atoms with Crippen LogP contribution in [-0.4, -0.2) is 10.9 Å². The van der Waals surface area contributed by atoms with Crippen molar-refractivity contribution in [3.8, 4) is 0 Å². The Kier molecular flexibility index (Phi) is 3.63. The predicted octanol–water partition coefficient (Wildman–Crippen LogP) is 1.83. The molecule has 0 spiro atoms. The molecule has 0 aliphatic rings. The zero-order chi connectivity index (χ0) is 10.6. The van der Waals surface area contributed by atoms with Crippen LogP contribution in [0.25, 0.3) is 0 Å². The van der Waals surface area contributed by atoms with Gasteiger partial charge in [0.25, 0.3) is 5.91 Å². The molecule has 0 bridgehead atoms. The van der Waals surface area contributed by atoms with Gasteiger partial charge in [-0.15, -0.1) is 0 Å². The van der Waals surface area contributed by atoms with Crippen LogP contribution < -0.4 is 5.73 Å². The number of amides is 1. The summed E-state index contributed by atoms with van der Waals surface area (Å²) < 4.78 is 0. The predicted molar refractivity (Wildman–Crippen MR) is 56.1 cm³/mol. The normalized spacial score (nSPS) is 10.1. The molecular formula is C11H16N2O. The molecule has 0 aromatic carbocycles. The molecule has 1 rings (SSSR count). The van der Waals surface area contributed by atoms with E-state index in [9.17, 15) is 4.79 Å². The van der Waals surface area contributed by atoms with E-state index in [0.717, 1.165) is 30.5 Å². The average molecular weight is 192 g/mol. The first-order valence-electron chi connectivity index (χ1n) is 4.91.